The van der Waals surface area contributed by atoms with E-state index in [1.165, 1.54) is 6.42 Å². The fourth-order valence-electron chi connectivity index (χ4n) is 3.15. The van der Waals surface area contributed by atoms with E-state index < -0.39 is 10.0 Å². The molecule has 0 bridgehead atoms. The maximum absolute atomic E-state index is 12.2. The predicted octanol–water partition coefficient (Wildman–Crippen LogP) is 1.48. The first-order valence-electron chi connectivity index (χ1n) is 7.27. The van der Waals surface area contributed by atoms with Crippen LogP contribution in [0, 0.1) is 11.8 Å². The molecule has 0 aromatic heterocycles. The highest BCUT2D eigenvalue weighted by atomic mass is 32.2. The van der Waals surface area contributed by atoms with E-state index in [1.54, 1.807) is 0 Å². The Morgan fingerprint density at radius 2 is 1.94 bits per heavy atom. The van der Waals surface area contributed by atoms with E-state index in [0.29, 0.717) is 11.7 Å². The summed E-state index contributed by atoms with van der Waals surface area (Å²) in [6.07, 6.45) is 6.68. The van der Waals surface area contributed by atoms with Crippen LogP contribution in [0.3, 0.4) is 0 Å². The largest absolute Gasteiger partial charge is 0.316 e. The van der Waals surface area contributed by atoms with Crippen LogP contribution in [-0.4, -0.2) is 33.3 Å². The summed E-state index contributed by atoms with van der Waals surface area (Å²) >= 11 is 0. The summed E-state index contributed by atoms with van der Waals surface area (Å²) in [6.45, 7) is 4.04. The van der Waals surface area contributed by atoms with Crippen LogP contribution in [0.5, 0.6) is 0 Å². The van der Waals surface area contributed by atoms with Crippen LogP contribution >= 0.6 is 0 Å². The lowest BCUT2D eigenvalue weighted by Crippen LogP contribution is -2.44. The van der Waals surface area contributed by atoms with Gasteiger partial charge >= 0.3 is 0 Å². The summed E-state index contributed by atoms with van der Waals surface area (Å²) in [6, 6.07) is 0.167. The van der Waals surface area contributed by atoms with Crippen molar-refractivity contribution in [2.24, 2.45) is 11.8 Å². The van der Waals surface area contributed by atoms with E-state index in [-0.39, 0.29) is 12.0 Å². The smallest absolute Gasteiger partial charge is 0.212 e. The van der Waals surface area contributed by atoms with Gasteiger partial charge in [-0.1, -0.05) is 19.8 Å². The number of piperidine rings is 1. The van der Waals surface area contributed by atoms with Crippen LogP contribution < -0.4 is 10.0 Å². The first-order chi connectivity index (χ1) is 8.57. The Morgan fingerprint density at radius 3 is 2.61 bits per heavy atom. The summed E-state index contributed by atoms with van der Waals surface area (Å²) in [7, 11) is -3.10. The Kier molecular flexibility index (Phi) is 5.04. The molecule has 2 fully saturated rings. The third-order valence-electron chi connectivity index (χ3n) is 4.30. The van der Waals surface area contributed by atoms with Crippen molar-refractivity contribution in [2.45, 2.75) is 51.5 Å². The maximum atomic E-state index is 12.2. The molecule has 0 amide bonds. The van der Waals surface area contributed by atoms with Gasteiger partial charge in [0.2, 0.25) is 10.0 Å². The van der Waals surface area contributed by atoms with Crippen molar-refractivity contribution in [3.05, 3.63) is 0 Å². The van der Waals surface area contributed by atoms with Crippen LogP contribution in [-0.2, 0) is 10.0 Å². The number of hydrogen-bond donors (Lipinski definition) is 2. The van der Waals surface area contributed by atoms with Gasteiger partial charge in [0.15, 0.2) is 0 Å². The van der Waals surface area contributed by atoms with Gasteiger partial charge in [0.05, 0.1) is 5.75 Å². The first-order valence-corrected chi connectivity index (χ1v) is 8.93. The van der Waals surface area contributed by atoms with Gasteiger partial charge in [0, 0.05) is 6.04 Å². The maximum Gasteiger partial charge on any atom is 0.212 e. The molecule has 1 aliphatic carbocycles. The molecule has 2 rings (SSSR count). The van der Waals surface area contributed by atoms with E-state index in [1.807, 2.05) is 0 Å². The fraction of sp³-hybridized carbons (Fsp3) is 1.00. The Morgan fingerprint density at radius 1 is 1.17 bits per heavy atom. The molecule has 0 aromatic rings. The molecule has 18 heavy (non-hydrogen) atoms. The molecule has 3 atom stereocenters. The lowest BCUT2D eigenvalue weighted by atomic mass is 9.87. The van der Waals surface area contributed by atoms with Crippen molar-refractivity contribution in [2.75, 3.05) is 18.8 Å². The van der Waals surface area contributed by atoms with E-state index in [2.05, 4.69) is 17.0 Å². The minimum Gasteiger partial charge on any atom is -0.316 e. The number of nitrogens with one attached hydrogen (secondary N) is 2. The third-order valence-corrected chi connectivity index (χ3v) is 5.87. The van der Waals surface area contributed by atoms with Crippen molar-refractivity contribution in [3.63, 3.8) is 0 Å². The first kappa shape index (κ1) is 14.3. The molecular weight excluding hydrogens is 248 g/mol. The molecule has 4 nitrogen and oxygen atoms in total. The molecule has 1 saturated heterocycles. The predicted molar refractivity (Wildman–Crippen MR) is 73.9 cm³/mol. The molecule has 2 N–H and O–H groups in total. The standard InChI is InChI=1S/C13H26N2O2S/c1-11-5-2-3-7-13(11)15-18(16,17)10-12-6-4-8-14-9-12/h11-15H,2-10H2,1H3. The molecule has 0 radical (unpaired) electrons. The number of hydrogen-bond acceptors (Lipinski definition) is 3. The zero-order chi connectivity index (χ0) is 13.0. The molecule has 2 aliphatic rings. The SMILES string of the molecule is CC1CCCCC1NS(=O)(=O)CC1CCCNC1. The lowest BCUT2D eigenvalue weighted by molar-refractivity contribution is 0.309. The second kappa shape index (κ2) is 6.35. The van der Waals surface area contributed by atoms with Crippen molar-refractivity contribution in [1.82, 2.24) is 10.0 Å². The van der Waals surface area contributed by atoms with E-state index in [0.717, 1.165) is 45.2 Å². The molecule has 1 heterocycles. The second-order valence-corrected chi connectivity index (χ2v) is 7.78. The van der Waals surface area contributed by atoms with Crippen molar-refractivity contribution >= 4 is 10.0 Å². The van der Waals surface area contributed by atoms with Gasteiger partial charge in [-0.15, -0.1) is 0 Å². The Hall–Kier alpha value is -0.130. The van der Waals surface area contributed by atoms with Crippen LogP contribution in [0.2, 0.25) is 0 Å². The van der Waals surface area contributed by atoms with Gasteiger partial charge in [-0.3, -0.25) is 0 Å². The van der Waals surface area contributed by atoms with Crippen LogP contribution in [0.25, 0.3) is 0 Å². The van der Waals surface area contributed by atoms with Crippen LogP contribution in [0.1, 0.15) is 45.4 Å². The minimum absolute atomic E-state index is 0.167. The molecule has 1 saturated carbocycles. The third kappa shape index (κ3) is 4.21. The molecule has 106 valence electrons. The summed E-state index contributed by atoms with van der Waals surface area (Å²) < 4.78 is 27.3. The number of rotatable bonds is 4. The van der Waals surface area contributed by atoms with Crippen molar-refractivity contribution in [3.8, 4) is 0 Å². The minimum atomic E-state index is -3.10. The highest BCUT2D eigenvalue weighted by Gasteiger charge is 2.28. The summed E-state index contributed by atoms with van der Waals surface area (Å²) in [5, 5.41) is 3.28. The molecular formula is C13H26N2O2S. The average Bonchev–Trinajstić information content (AvgIpc) is 2.32. The molecule has 0 spiro atoms. The molecule has 3 unspecified atom stereocenters. The normalized spacial score (nSPS) is 34.4. The molecule has 0 aromatic carbocycles. The Labute approximate surface area is 111 Å². The van der Waals surface area contributed by atoms with Gasteiger partial charge in [0.1, 0.15) is 0 Å². The lowest BCUT2D eigenvalue weighted by Gasteiger charge is -2.30. The van der Waals surface area contributed by atoms with E-state index in [4.69, 9.17) is 0 Å². The Balaban J connectivity index is 1.85. The van der Waals surface area contributed by atoms with Crippen molar-refractivity contribution in [1.29, 1.82) is 0 Å². The highest BCUT2D eigenvalue weighted by molar-refractivity contribution is 7.89. The monoisotopic (exact) mass is 274 g/mol. The number of sulfonamides is 1. The highest BCUT2D eigenvalue weighted by Crippen LogP contribution is 2.24. The second-order valence-electron chi connectivity index (χ2n) is 5.98. The van der Waals surface area contributed by atoms with E-state index >= 15 is 0 Å². The van der Waals surface area contributed by atoms with Gasteiger partial charge in [-0.2, -0.15) is 0 Å². The zero-order valence-corrected chi connectivity index (χ0v) is 12.1. The average molecular weight is 274 g/mol. The van der Waals surface area contributed by atoms with Gasteiger partial charge < -0.3 is 5.32 Å². The van der Waals surface area contributed by atoms with Gasteiger partial charge in [0.25, 0.3) is 0 Å². The van der Waals surface area contributed by atoms with Gasteiger partial charge in [-0.05, 0) is 50.6 Å². The molecule has 5 heteroatoms. The topological polar surface area (TPSA) is 58.2 Å². The van der Waals surface area contributed by atoms with E-state index in [9.17, 15) is 8.42 Å². The summed E-state index contributed by atoms with van der Waals surface area (Å²) in [5.74, 6) is 1.07. The summed E-state index contributed by atoms with van der Waals surface area (Å²) in [4.78, 5) is 0. The van der Waals surface area contributed by atoms with Crippen LogP contribution in [0.4, 0.5) is 0 Å². The van der Waals surface area contributed by atoms with Crippen LogP contribution in [0.15, 0.2) is 0 Å². The zero-order valence-electron chi connectivity index (χ0n) is 11.3. The summed E-state index contributed by atoms with van der Waals surface area (Å²) in [5.41, 5.74) is 0. The molecule has 1 aliphatic heterocycles. The Bertz CT molecular complexity index is 350. The van der Waals surface area contributed by atoms with Gasteiger partial charge in [-0.25, -0.2) is 13.1 Å². The fourth-order valence-corrected chi connectivity index (χ4v) is 4.96. The quantitative estimate of drug-likeness (QED) is 0.816. The van der Waals surface area contributed by atoms with Crippen molar-refractivity contribution < 1.29 is 8.42 Å².